The Labute approximate surface area is 118 Å². The fourth-order valence-electron chi connectivity index (χ4n) is 1.58. The summed E-state index contributed by atoms with van der Waals surface area (Å²) in [5.74, 6) is 0.321. The van der Waals surface area contributed by atoms with E-state index in [2.05, 4.69) is 10.6 Å². The van der Waals surface area contributed by atoms with Crippen LogP contribution in [0.4, 0.5) is 0 Å². The van der Waals surface area contributed by atoms with Crippen molar-refractivity contribution in [2.45, 2.75) is 19.8 Å². The molecule has 5 heteroatoms. The third-order valence-electron chi connectivity index (χ3n) is 2.55. The van der Waals surface area contributed by atoms with Gasteiger partial charge in [-0.2, -0.15) is 0 Å². The van der Waals surface area contributed by atoms with Crippen LogP contribution in [0.2, 0.25) is 0 Å². The largest absolute Gasteiger partial charge is 0.354 e. The Hall–Kier alpha value is -1.55. The van der Waals surface area contributed by atoms with Crippen molar-refractivity contribution in [3.63, 3.8) is 0 Å². The Bertz CT molecular complexity index is 435. The maximum Gasteiger partial charge on any atom is 0.251 e. The van der Waals surface area contributed by atoms with Crippen molar-refractivity contribution in [3.05, 3.63) is 35.4 Å². The van der Waals surface area contributed by atoms with Crippen LogP contribution in [0.3, 0.4) is 0 Å². The average molecular weight is 283 g/mol. The van der Waals surface area contributed by atoms with Crippen molar-refractivity contribution in [2.24, 2.45) is 0 Å². The van der Waals surface area contributed by atoms with E-state index in [4.69, 9.17) is 11.6 Å². The maximum atomic E-state index is 11.8. The first-order valence-corrected chi connectivity index (χ1v) is 6.84. The van der Waals surface area contributed by atoms with Gasteiger partial charge in [0.2, 0.25) is 5.91 Å². The van der Waals surface area contributed by atoms with Crippen molar-refractivity contribution in [3.8, 4) is 0 Å². The van der Waals surface area contributed by atoms with Crippen LogP contribution in [-0.2, 0) is 4.79 Å². The van der Waals surface area contributed by atoms with E-state index in [0.717, 1.165) is 5.56 Å². The Balaban J connectivity index is 2.22. The molecule has 0 radical (unpaired) electrons. The highest BCUT2D eigenvalue weighted by atomic mass is 35.5. The molecular formula is C14H19ClN2O2. The number of alkyl halides is 1. The van der Waals surface area contributed by atoms with Crippen molar-refractivity contribution in [1.82, 2.24) is 10.6 Å². The Morgan fingerprint density at radius 2 is 1.95 bits per heavy atom. The van der Waals surface area contributed by atoms with E-state index in [-0.39, 0.29) is 11.8 Å². The molecule has 0 aliphatic carbocycles. The Morgan fingerprint density at radius 3 is 2.63 bits per heavy atom. The zero-order chi connectivity index (χ0) is 14.1. The van der Waals surface area contributed by atoms with Gasteiger partial charge in [-0.1, -0.05) is 17.7 Å². The molecule has 0 aliphatic heterocycles. The minimum Gasteiger partial charge on any atom is -0.354 e. The molecule has 0 heterocycles. The molecule has 1 aromatic carbocycles. The molecular weight excluding hydrogens is 264 g/mol. The Morgan fingerprint density at radius 1 is 1.21 bits per heavy atom. The first-order valence-electron chi connectivity index (χ1n) is 6.31. The second-order valence-electron chi connectivity index (χ2n) is 4.27. The van der Waals surface area contributed by atoms with Crippen LogP contribution in [0.25, 0.3) is 0 Å². The molecule has 2 N–H and O–H groups in total. The van der Waals surface area contributed by atoms with E-state index in [1.807, 2.05) is 25.1 Å². The van der Waals surface area contributed by atoms with Crippen LogP contribution in [0.5, 0.6) is 0 Å². The molecule has 0 unspecified atom stereocenters. The third kappa shape index (κ3) is 6.25. The first kappa shape index (κ1) is 15.5. The molecule has 1 rings (SSSR count). The summed E-state index contributed by atoms with van der Waals surface area (Å²) in [6, 6.07) is 7.38. The predicted octanol–water partition coefficient (Wildman–Crippen LogP) is 1.86. The van der Waals surface area contributed by atoms with E-state index >= 15 is 0 Å². The van der Waals surface area contributed by atoms with Crippen LogP contribution in [0.1, 0.15) is 28.8 Å². The number of hydrogen-bond donors (Lipinski definition) is 2. The lowest BCUT2D eigenvalue weighted by atomic mass is 10.1. The predicted molar refractivity (Wildman–Crippen MR) is 76.5 cm³/mol. The molecule has 104 valence electrons. The number of aryl methyl sites for hydroxylation is 1. The summed E-state index contributed by atoms with van der Waals surface area (Å²) in [5, 5.41) is 5.48. The topological polar surface area (TPSA) is 58.2 Å². The molecule has 0 fully saturated rings. The zero-order valence-corrected chi connectivity index (χ0v) is 11.8. The maximum absolute atomic E-state index is 11.8. The van der Waals surface area contributed by atoms with Gasteiger partial charge in [-0.15, -0.1) is 11.6 Å². The van der Waals surface area contributed by atoms with E-state index < -0.39 is 0 Å². The lowest BCUT2D eigenvalue weighted by Gasteiger charge is -2.07. The van der Waals surface area contributed by atoms with Crippen LogP contribution >= 0.6 is 11.6 Å². The van der Waals surface area contributed by atoms with Gasteiger partial charge in [0.15, 0.2) is 0 Å². The number of rotatable bonds is 7. The molecule has 0 spiro atoms. The monoisotopic (exact) mass is 282 g/mol. The summed E-state index contributed by atoms with van der Waals surface area (Å²) in [6.45, 7) is 2.78. The number of nitrogens with one attached hydrogen (secondary N) is 2. The van der Waals surface area contributed by atoms with E-state index in [1.165, 1.54) is 0 Å². The van der Waals surface area contributed by atoms with Crippen LogP contribution in [0, 0.1) is 6.92 Å². The number of carbonyl (C=O) groups excluding carboxylic acids is 2. The van der Waals surface area contributed by atoms with Crippen molar-refractivity contribution in [2.75, 3.05) is 19.0 Å². The van der Waals surface area contributed by atoms with E-state index in [1.54, 1.807) is 6.07 Å². The quantitative estimate of drug-likeness (QED) is 0.592. The zero-order valence-electron chi connectivity index (χ0n) is 11.0. The number of amides is 2. The van der Waals surface area contributed by atoms with E-state index in [9.17, 15) is 9.59 Å². The van der Waals surface area contributed by atoms with Crippen molar-refractivity contribution < 1.29 is 9.59 Å². The van der Waals surface area contributed by atoms with Crippen LogP contribution in [-0.4, -0.2) is 30.8 Å². The number of hydrogen-bond acceptors (Lipinski definition) is 2. The Kier molecular flexibility index (Phi) is 6.97. The summed E-state index contributed by atoms with van der Waals surface area (Å²) in [6.07, 6.45) is 1.10. The lowest BCUT2D eigenvalue weighted by Crippen LogP contribution is -2.34. The minimum atomic E-state index is -0.126. The van der Waals surface area contributed by atoms with Gasteiger partial charge < -0.3 is 10.6 Å². The lowest BCUT2D eigenvalue weighted by molar-refractivity contribution is -0.121. The molecule has 0 saturated heterocycles. The molecule has 1 aromatic rings. The number of benzene rings is 1. The molecule has 4 nitrogen and oxygen atoms in total. The number of carbonyl (C=O) groups is 2. The van der Waals surface area contributed by atoms with Crippen LogP contribution < -0.4 is 10.6 Å². The van der Waals surface area contributed by atoms with Gasteiger partial charge in [0.25, 0.3) is 5.91 Å². The second kappa shape index (κ2) is 8.53. The highest BCUT2D eigenvalue weighted by Gasteiger charge is 2.05. The molecule has 0 aromatic heterocycles. The summed E-state index contributed by atoms with van der Waals surface area (Å²) in [7, 11) is 0. The second-order valence-corrected chi connectivity index (χ2v) is 4.65. The first-order chi connectivity index (χ1) is 9.13. The van der Waals surface area contributed by atoms with Gasteiger partial charge >= 0.3 is 0 Å². The molecule has 19 heavy (non-hydrogen) atoms. The smallest absolute Gasteiger partial charge is 0.251 e. The van der Waals surface area contributed by atoms with Crippen molar-refractivity contribution >= 4 is 23.4 Å². The van der Waals surface area contributed by atoms with Crippen LogP contribution in [0.15, 0.2) is 24.3 Å². The highest BCUT2D eigenvalue weighted by molar-refractivity contribution is 6.17. The van der Waals surface area contributed by atoms with Gasteiger partial charge in [0.1, 0.15) is 0 Å². The summed E-state index contributed by atoms with van der Waals surface area (Å²) >= 11 is 5.49. The van der Waals surface area contributed by atoms with Gasteiger partial charge in [-0.25, -0.2) is 0 Å². The molecule has 0 bridgehead atoms. The highest BCUT2D eigenvalue weighted by Crippen LogP contribution is 2.03. The average Bonchev–Trinajstić information content (AvgIpc) is 2.41. The standard InChI is InChI=1S/C14H19ClN2O2/c1-11-4-2-5-12(10-11)14(19)17-9-8-16-13(18)6-3-7-15/h2,4-5,10H,3,6-9H2,1H3,(H,16,18)(H,17,19). The van der Waals surface area contributed by atoms with Crippen molar-refractivity contribution in [1.29, 1.82) is 0 Å². The fourth-order valence-corrected chi connectivity index (χ4v) is 1.72. The van der Waals surface area contributed by atoms with Gasteiger partial charge in [-0.05, 0) is 25.5 Å². The van der Waals surface area contributed by atoms with Gasteiger partial charge in [-0.3, -0.25) is 9.59 Å². The van der Waals surface area contributed by atoms with Gasteiger partial charge in [0.05, 0.1) is 0 Å². The normalized spacial score (nSPS) is 10.0. The summed E-state index contributed by atoms with van der Waals surface area (Å²) in [4.78, 5) is 23.1. The summed E-state index contributed by atoms with van der Waals surface area (Å²) < 4.78 is 0. The van der Waals surface area contributed by atoms with Gasteiger partial charge in [0, 0.05) is 31.0 Å². The number of halogens is 1. The SMILES string of the molecule is Cc1cccc(C(=O)NCCNC(=O)CCCCl)c1. The molecule has 0 atom stereocenters. The third-order valence-corrected chi connectivity index (χ3v) is 2.82. The molecule has 2 amide bonds. The molecule has 0 aliphatic rings. The van der Waals surface area contributed by atoms with E-state index in [0.29, 0.717) is 37.4 Å². The molecule has 0 saturated carbocycles. The summed E-state index contributed by atoms with van der Waals surface area (Å²) in [5.41, 5.74) is 1.68. The fraction of sp³-hybridized carbons (Fsp3) is 0.429. The minimum absolute atomic E-state index is 0.0366.